The fraction of sp³-hybridized carbons (Fsp3) is 0.857. The van der Waals surface area contributed by atoms with Gasteiger partial charge in [-0.3, -0.25) is 4.21 Å². The highest BCUT2D eigenvalue weighted by Crippen LogP contribution is 2.28. The Kier molecular flexibility index (Phi) is 2.44. The van der Waals surface area contributed by atoms with Gasteiger partial charge in [0.05, 0.1) is 17.2 Å². The van der Waals surface area contributed by atoms with Gasteiger partial charge in [0.1, 0.15) is 0 Å². The lowest BCUT2D eigenvalue weighted by atomic mass is 10.1. The predicted octanol–water partition coefficient (Wildman–Crippen LogP) is 1.06. The van der Waals surface area contributed by atoms with Gasteiger partial charge in [0.15, 0.2) is 0 Å². The van der Waals surface area contributed by atoms with Crippen LogP contribution in [0.25, 0.3) is 0 Å². The molecule has 0 radical (unpaired) electrons. The van der Waals surface area contributed by atoms with Gasteiger partial charge in [0.25, 0.3) is 0 Å². The van der Waals surface area contributed by atoms with E-state index in [4.69, 9.17) is 5.26 Å². The van der Waals surface area contributed by atoms with Crippen molar-refractivity contribution in [2.24, 2.45) is 5.92 Å². The van der Waals surface area contributed by atoms with Crippen LogP contribution < -0.4 is 0 Å². The molecule has 1 saturated carbocycles. The van der Waals surface area contributed by atoms with Crippen LogP contribution in [0.3, 0.4) is 0 Å². The number of nitrogens with zero attached hydrogens (tertiary/aromatic N) is 1. The Morgan fingerprint density at radius 3 is 2.70 bits per heavy atom. The molecule has 0 spiro atoms. The molecule has 3 unspecified atom stereocenters. The summed E-state index contributed by atoms with van der Waals surface area (Å²) in [4.78, 5) is 0. The molecular weight excluding hydrogens is 146 g/mol. The van der Waals surface area contributed by atoms with Crippen molar-refractivity contribution in [3.05, 3.63) is 0 Å². The van der Waals surface area contributed by atoms with E-state index in [0.29, 0.717) is 0 Å². The third kappa shape index (κ3) is 1.38. The normalized spacial score (nSPS) is 35.2. The van der Waals surface area contributed by atoms with Gasteiger partial charge < -0.3 is 0 Å². The monoisotopic (exact) mass is 157 g/mol. The maximum Gasteiger partial charge on any atom is 0.0668 e. The largest absolute Gasteiger partial charge is 0.260 e. The summed E-state index contributed by atoms with van der Waals surface area (Å²) in [5.74, 6) is 0.0610. The average molecular weight is 157 g/mol. The van der Waals surface area contributed by atoms with Crippen molar-refractivity contribution < 1.29 is 4.21 Å². The zero-order valence-electron chi connectivity index (χ0n) is 6.04. The SMILES string of the molecule is CS(=O)C1CCCC1C#N. The summed E-state index contributed by atoms with van der Waals surface area (Å²) >= 11 is 0. The topological polar surface area (TPSA) is 40.9 Å². The summed E-state index contributed by atoms with van der Waals surface area (Å²) < 4.78 is 11.0. The molecule has 0 saturated heterocycles. The molecule has 1 aliphatic carbocycles. The molecule has 0 aromatic carbocycles. The van der Waals surface area contributed by atoms with E-state index in [0.717, 1.165) is 19.3 Å². The average Bonchev–Trinajstić information content (AvgIpc) is 2.33. The molecular formula is C7H11NOS. The minimum atomic E-state index is -0.793. The van der Waals surface area contributed by atoms with Gasteiger partial charge in [0, 0.05) is 17.1 Å². The van der Waals surface area contributed by atoms with E-state index >= 15 is 0 Å². The number of rotatable bonds is 1. The lowest BCUT2D eigenvalue weighted by molar-refractivity contribution is 0.650. The molecule has 1 fully saturated rings. The van der Waals surface area contributed by atoms with E-state index in [1.165, 1.54) is 0 Å². The Balaban J connectivity index is 2.61. The van der Waals surface area contributed by atoms with Gasteiger partial charge >= 0.3 is 0 Å². The first-order valence-electron chi connectivity index (χ1n) is 3.47. The van der Waals surface area contributed by atoms with Gasteiger partial charge in [-0.15, -0.1) is 0 Å². The molecule has 2 nitrogen and oxygen atoms in total. The van der Waals surface area contributed by atoms with Crippen LogP contribution in [0, 0.1) is 17.2 Å². The van der Waals surface area contributed by atoms with Crippen molar-refractivity contribution in [2.75, 3.05) is 6.26 Å². The molecule has 0 aromatic heterocycles. The lowest BCUT2D eigenvalue weighted by Gasteiger charge is -2.07. The molecule has 10 heavy (non-hydrogen) atoms. The minimum absolute atomic E-state index is 0.0610. The van der Waals surface area contributed by atoms with Crippen LogP contribution in [0.2, 0.25) is 0 Å². The first kappa shape index (κ1) is 7.74. The Labute approximate surface area is 63.7 Å². The second kappa shape index (κ2) is 3.16. The standard InChI is InChI=1S/C7H11NOS/c1-10(9)7-4-2-3-6(7)5-8/h6-7H,2-4H2,1H3. The summed E-state index contributed by atoms with van der Waals surface area (Å²) in [6.07, 6.45) is 4.69. The molecule has 0 amide bonds. The van der Waals surface area contributed by atoms with Crippen molar-refractivity contribution in [2.45, 2.75) is 24.5 Å². The highest BCUT2D eigenvalue weighted by molar-refractivity contribution is 7.84. The molecule has 0 N–H and O–H groups in total. The summed E-state index contributed by atoms with van der Waals surface area (Å²) in [5.41, 5.74) is 0. The molecule has 3 atom stereocenters. The second-order valence-electron chi connectivity index (χ2n) is 2.70. The third-order valence-corrected chi connectivity index (χ3v) is 3.46. The van der Waals surface area contributed by atoms with Crippen molar-refractivity contribution >= 4 is 10.8 Å². The molecule has 1 aliphatic rings. The quantitative estimate of drug-likeness (QED) is 0.571. The van der Waals surface area contributed by atoms with Crippen LogP contribution >= 0.6 is 0 Å². The highest BCUT2D eigenvalue weighted by Gasteiger charge is 2.29. The van der Waals surface area contributed by atoms with Gasteiger partial charge in [-0.25, -0.2) is 0 Å². The minimum Gasteiger partial charge on any atom is -0.260 e. The highest BCUT2D eigenvalue weighted by atomic mass is 32.2. The predicted molar refractivity (Wildman–Crippen MR) is 40.8 cm³/mol. The van der Waals surface area contributed by atoms with Crippen LogP contribution in [0.1, 0.15) is 19.3 Å². The van der Waals surface area contributed by atoms with Crippen LogP contribution in [-0.2, 0) is 10.8 Å². The number of hydrogen-bond acceptors (Lipinski definition) is 2. The van der Waals surface area contributed by atoms with E-state index in [-0.39, 0.29) is 11.2 Å². The fourth-order valence-corrected chi connectivity index (χ4v) is 2.63. The van der Waals surface area contributed by atoms with Gasteiger partial charge in [-0.1, -0.05) is 6.42 Å². The van der Waals surface area contributed by atoms with E-state index < -0.39 is 10.8 Å². The Hall–Kier alpha value is -0.360. The first-order chi connectivity index (χ1) is 4.75. The van der Waals surface area contributed by atoms with Gasteiger partial charge in [0.2, 0.25) is 0 Å². The summed E-state index contributed by atoms with van der Waals surface area (Å²) in [6, 6.07) is 2.20. The lowest BCUT2D eigenvalue weighted by Crippen LogP contribution is -2.17. The Bertz CT molecular complexity index is 185. The molecule has 0 heterocycles. The molecule has 0 aliphatic heterocycles. The molecule has 3 heteroatoms. The summed E-state index contributed by atoms with van der Waals surface area (Å²) in [6.45, 7) is 0. The fourth-order valence-electron chi connectivity index (χ4n) is 1.47. The number of hydrogen-bond donors (Lipinski definition) is 0. The van der Waals surface area contributed by atoms with E-state index in [2.05, 4.69) is 6.07 Å². The van der Waals surface area contributed by atoms with Crippen LogP contribution in [0.5, 0.6) is 0 Å². The molecule has 56 valence electrons. The van der Waals surface area contributed by atoms with Crippen LogP contribution in [-0.4, -0.2) is 15.7 Å². The van der Waals surface area contributed by atoms with Crippen molar-refractivity contribution in [3.63, 3.8) is 0 Å². The van der Waals surface area contributed by atoms with E-state index in [1.807, 2.05) is 0 Å². The van der Waals surface area contributed by atoms with E-state index in [1.54, 1.807) is 6.26 Å². The summed E-state index contributed by atoms with van der Waals surface area (Å²) in [7, 11) is -0.793. The van der Waals surface area contributed by atoms with Crippen molar-refractivity contribution in [1.29, 1.82) is 5.26 Å². The van der Waals surface area contributed by atoms with Gasteiger partial charge in [-0.05, 0) is 12.8 Å². The van der Waals surface area contributed by atoms with Crippen molar-refractivity contribution in [1.82, 2.24) is 0 Å². The maximum absolute atomic E-state index is 11.0. The van der Waals surface area contributed by atoms with Crippen LogP contribution in [0.4, 0.5) is 0 Å². The first-order valence-corrected chi connectivity index (χ1v) is 5.09. The molecule has 1 rings (SSSR count). The smallest absolute Gasteiger partial charge is 0.0668 e. The van der Waals surface area contributed by atoms with Crippen molar-refractivity contribution in [3.8, 4) is 6.07 Å². The van der Waals surface area contributed by atoms with Gasteiger partial charge in [-0.2, -0.15) is 5.26 Å². The molecule has 0 aromatic rings. The number of nitriles is 1. The summed E-state index contributed by atoms with van der Waals surface area (Å²) in [5, 5.41) is 8.76. The third-order valence-electron chi connectivity index (χ3n) is 2.04. The Morgan fingerprint density at radius 2 is 2.30 bits per heavy atom. The van der Waals surface area contributed by atoms with E-state index in [9.17, 15) is 4.21 Å². The Morgan fingerprint density at radius 1 is 1.60 bits per heavy atom. The van der Waals surface area contributed by atoms with Crippen LogP contribution in [0.15, 0.2) is 0 Å². The maximum atomic E-state index is 11.0. The zero-order valence-corrected chi connectivity index (χ0v) is 6.86. The zero-order chi connectivity index (χ0) is 7.56. The molecule has 0 bridgehead atoms. The second-order valence-corrected chi connectivity index (χ2v) is 4.31.